The summed E-state index contributed by atoms with van der Waals surface area (Å²) in [4.78, 5) is 11.6. The number of methoxy groups -OCH3 is 1. The van der Waals surface area contributed by atoms with Crippen molar-refractivity contribution in [3.63, 3.8) is 0 Å². The molecule has 0 amide bonds. The number of aryl methyl sites for hydroxylation is 1. The molecule has 1 aromatic rings. The first-order chi connectivity index (χ1) is 8.10. The lowest BCUT2D eigenvalue weighted by atomic mass is 9.66. The third kappa shape index (κ3) is 1.97. The first-order valence-corrected chi connectivity index (χ1v) is 5.99. The SMILES string of the molecule is COC(=O)CC1(C(C)N)CCCc2occc21. The topological polar surface area (TPSA) is 65.5 Å². The minimum atomic E-state index is -0.326. The van der Waals surface area contributed by atoms with Crippen molar-refractivity contribution < 1.29 is 13.9 Å². The third-order valence-corrected chi connectivity index (χ3v) is 3.87. The van der Waals surface area contributed by atoms with Crippen molar-refractivity contribution in [2.45, 2.75) is 44.1 Å². The Morgan fingerprint density at radius 2 is 2.47 bits per heavy atom. The Balaban J connectivity index is 2.40. The molecule has 94 valence electrons. The molecule has 1 heterocycles. The van der Waals surface area contributed by atoms with E-state index in [-0.39, 0.29) is 17.4 Å². The number of carbonyl (C=O) groups is 1. The largest absolute Gasteiger partial charge is 0.469 e. The molecule has 4 nitrogen and oxygen atoms in total. The van der Waals surface area contributed by atoms with Crippen molar-refractivity contribution >= 4 is 5.97 Å². The van der Waals surface area contributed by atoms with Gasteiger partial charge in [0.05, 0.1) is 19.8 Å². The van der Waals surface area contributed by atoms with Crippen LogP contribution >= 0.6 is 0 Å². The van der Waals surface area contributed by atoms with E-state index in [4.69, 9.17) is 14.9 Å². The van der Waals surface area contributed by atoms with Crippen LogP contribution in [0.3, 0.4) is 0 Å². The zero-order chi connectivity index (χ0) is 12.5. The van der Waals surface area contributed by atoms with Crippen LogP contribution in [0.15, 0.2) is 16.7 Å². The summed E-state index contributed by atoms with van der Waals surface area (Å²) in [6.45, 7) is 1.95. The van der Waals surface area contributed by atoms with Gasteiger partial charge in [-0.05, 0) is 25.8 Å². The maximum atomic E-state index is 11.6. The van der Waals surface area contributed by atoms with Crippen LogP contribution in [0.2, 0.25) is 0 Å². The Labute approximate surface area is 101 Å². The lowest BCUT2D eigenvalue weighted by molar-refractivity contribution is -0.142. The van der Waals surface area contributed by atoms with Crippen LogP contribution in [0.4, 0.5) is 0 Å². The molecule has 0 radical (unpaired) electrons. The Kier molecular flexibility index (Phi) is 3.24. The number of carbonyl (C=O) groups excluding carboxylic acids is 1. The highest BCUT2D eigenvalue weighted by Crippen LogP contribution is 2.42. The van der Waals surface area contributed by atoms with Gasteiger partial charge in [-0.25, -0.2) is 0 Å². The maximum Gasteiger partial charge on any atom is 0.306 e. The van der Waals surface area contributed by atoms with Crippen LogP contribution in [0.5, 0.6) is 0 Å². The molecule has 0 saturated heterocycles. The lowest BCUT2D eigenvalue weighted by Gasteiger charge is -2.39. The van der Waals surface area contributed by atoms with Gasteiger partial charge in [-0.15, -0.1) is 0 Å². The van der Waals surface area contributed by atoms with E-state index in [0.29, 0.717) is 6.42 Å². The van der Waals surface area contributed by atoms with Crippen LogP contribution in [0, 0.1) is 0 Å². The maximum absolute atomic E-state index is 11.6. The Morgan fingerprint density at radius 3 is 3.12 bits per heavy atom. The summed E-state index contributed by atoms with van der Waals surface area (Å²) < 4.78 is 10.3. The van der Waals surface area contributed by atoms with E-state index < -0.39 is 0 Å². The van der Waals surface area contributed by atoms with E-state index in [2.05, 4.69) is 0 Å². The molecule has 4 heteroatoms. The molecular weight excluding hydrogens is 218 g/mol. The van der Waals surface area contributed by atoms with E-state index in [0.717, 1.165) is 30.6 Å². The number of rotatable bonds is 3. The quantitative estimate of drug-likeness (QED) is 0.813. The number of hydrogen-bond acceptors (Lipinski definition) is 4. The van der Waals surface area contributed by atoms with E-state index in [1.54, 1.807) is 6.26 Å². The zero-order valence-electron chi connectivity index (χ0n) is 10.4. The van der Waals surface area contributed by atoms with Crippen LogP contribution in [-0.2, 0) is 21.4 Å². The van der Waals surface area contributed by atoms with E-state index in [9.17, 15) is 4.79 Å². The number of esters is 1. The Morgan fingerprint density at radius 1 is 1.71 bits per heavy atom. The standard InChI is InChI=1S/C13H19NO3/c1-9(14)13(8-12(15)16-2)6-3-4-11-10(13)5-7-17-11/h5,7,9H,3-4,6,8,14H2,1-2H3. The van der Waals surface area contributed by atoms with Gasteiger partial charge < -0.3 is 14.9 Å². The molecule has 2 unspecified atom stereocenters. The number of fused-ring (bicyclic) bond motifs is 1. The summed E-state index contributed by atoms with van der Waals surface area (Å²) in [6, 6.07) is 1.85. The average molecular weight is 237 g/mol. The number of ether oxygens (including phenoxy) is 1. The molecule has 2 N–H and O–H groups in total. The lowest BCUT2D eigenvalue weighted by Crippen LogP contribution is -2.47. The molecule has 0 aromatic carbocycles. The fraction of sp³-hybridized carbons (Fsp3) is 0.615. The normalized spacial score (nSPS) is 25.1. The molecule has 1 aliphatic rings. The van der Waals surface area contributed by atoms with Gasteiger partial charge >= 0.3 is 5.97 Å². The summed E-state index contributed by atoms with van der Waals surface area (Å²) >= 11 is 0. The highest BCUT2D eigenvalue weighted by Gasteiger charge is 2.43. The molecule has 0 bridgehead atoms. The van der Waals surface area contributed by atoms with Crippen LogP contribution in [0.1, 0.15) is 37.5 Å². The fourth-order valence-electron chi connectivity index (χ4n) is 2.82. The van der Waals surface area contributed by atoms with E-state index in [1.165, 1.54) is 7.11 Å². The van der Waals surface area contributed by atoms with Crippen LogP contribution in [0.25, 0.3) is 0 Å². The van der Waals surface area contributed by atoms with Gasteiger partial charge in [0.2, 0.25) is 0 Å². The molecule has 1 aromatic heterocycles. The molecule has 1 aliphatic carbocycles. The van der Waals surface area contributed by atoms with Crippen LogP contribution in [-0.4, -0.2) is 19.1 Å². The minimum Gasteiger partial charge on any atom is -0.469 e. The van der Waals surface area contributed by atoms with Crippen molar-refractivity contribution in [1.82, 2.24) is 0 Å². The minimum absolute atomic E-state index is 0.0988. The first kappa shape index (κ1) is 12.2. The second kappa shape index (κ2) is 4.53. The second-order valence-corrected chi connectivity index (χ2v) is 4.81. The summed E-state index contributed by atoms with van der Waals surface area (Å²) in [5, 5.41) is 0. The Bertz CT molecular complexity index is 411. The molecule has 0 fully saturated rings. The van der Waals surface area contributed by atoms with Gasteiger partial charge in [0.25, 0.3) is 0 Å². The van der Waals surface area contributed by atoms with E-state index >= 15 is 0 Å². The number of furan rings is 1. The fourth-order valence-corrected chi connectivity index (χ4v) is 2.82. The molecule has 17 heavy (non-hydrogen) atoms. The van der Waals surface area contributed by atoms with Crippen molar-refractivity contribution in [3.8, 4) is 0 Å². The van der Waals surface area contributed by atoms with Crippen molar-refractivity contribution in [2.24, 2.45) is 5.73 Å². The van der Waals surface area contributed by atoms with Gasteiger partial charge in [0.15, 0.2) is 0 Å². The molecule has 0 spiro atoms. The summed E-state index contributed by atoms with van der Waals surface area (Å²) in [5.41, 5.74) is 6.89. The molecule has 0 aliphatic heterocycles. The predicted octanol–water partition coefficient (Wildman–Crippen LogP) is 1.76. The number of nitrogens with two attached hydrogens (primary N) is 1. The summed E-state index contributed by atoms with van der Waals surface area (Å²) in [7, 11) is 1.41. The molecular formula is C13H19NO3. The summed E-state index contributed by atoms with van der Waals surface area (Å²) in [6.07, 6.45) is 4.85. The van der Waals surface area contributed by atoms with Gasteiger partial charge in [-0.3, -0.25) is 4.79 Å². The first-order valence-electron chi connectivity index (χ1n) is 5.99. The van der Waals surface area contributed by atoms with Gasteiger partial charge in [-0.2, -0.15) is 0 Å². The van der Waals surface area contributed by atoms with Crippen molar-refractivity contribution in [1.29, 1.82) is 0 Å². The summed E-state index contributed by atoms with van der Waals surface area (Å²) in [5.74, 6) is 0.758. The second-order valence-electron chi connectivity index (χ2n) is 4.81. The molecule has 2 rings (SSSR count). The van der Waals surface area contributed by atoms with Crippen molar-refractivity contribution in [3.05, 3.63) is 23.7 Å². The predicted molar refractivity (Wildman–Crippen MR) is 63.6 cm³/mol. The molecule has 2 atom stereocenters. The van der Waals surface area contributed by atoms with Gasteiger partial charge in [-0.1, -0.05) is 0 Å². The smallest absolute Gasteiger partial charge is 0.306 e. The van der Waals surface area contributed by atoms with Gasteiger partial charge in [0, 0.05) is 23.4 Å². The third-order valence-electron chi connectivity index (χ3n) is 3.87. The number of hydrogen-bond donors (Lipinski definition) is 1. The molecule has 0 saturated carbocycles. The highest BCUT2D eigenvalue weighted by atomic mass is 16.5. The Hall–Kier alpha value is -1.29. The highest BCUT2D eigenvalue weighted by molar-refractivity contribution is 5.71. The van der Waals surface area contributed by atoms with Gasteiger partial charge in [0.1, 0.15) is 5.76 Å². The monoisotopic (exact) mass is 237 g/mol. The zero-order valence-corrected chi connectivity index (χ0v) is 10.4. The van der Waals surface area contributed by atoms with Crippen molar-refractivity contribution in [2.75, 3.05) is 7.11 Å². The van der Waals surface area contributed by atoms with Crippen LogP contribution < -0.4 is 5.73 Å². The average Bonchev–Trinajstić information content (AvgIpc) is 2.78. The van der Waals surface area contributed by atoms with E-state index in [1.807, 2.05) is 13.0 Å².